The molecule has 15 heavy (non-hydrogen) atoms. The normalized spacial score (nSPS) is 10.1. The van der Waals surface area contributed by atoms with Crippen molar-refractivity contribution in [2.24, 2.45) is 0 Å². The van der Waals surface area contributed by atoms with E-state index in [1.54, 1.807) is 17.0 Å². The van der Waals surface area contributed by atoms with Gasteiger partial charge in [-0.3, -0.25) is 4.79 Å². The number of amides is 1. The maximum Gasteiger partial charge on any atom is 0.254 e. The summed E-state index contributed by atoms with van der Waals surface area (Å²) in [5.74, 6) is -0.00958. The summed E-state index contributed by atoms with van der Waals surface area (Å²) in [6.07, 6.45) is 0. The average Bonchev–Trinajstić information content (AvgIpc) is 2.30. The van der Waals surface area contributed by atoms with Gasteiger partial charge in [0.2, 0.25) is 0 Å². The minimum absolute atomic E-state index is 0.00958. The van der Waals surface area contributed by atoms with Crippen LogP contribution in [0, 0.1) is 0 Å². The first-order valence-corrected chi connectivity index (χ1v) is 5.22. The second-order valence-corrected chi connectivity index (χ2v) is 3.29. The molecule has 1 aromatic rings. The molecule has 0 spiro atoms. The van der Waals surface area contributed by atoms with E-state index in [0.717, 1.165) is 0 Å². The Labute approximate surface area is 90.3 Å². The summed E-state index contributed by atoms with van der Waals surface area (Å²) in [5.41, 5.74) is 1.29. The van der Waals surface area contributed by atoms with Crippen LogP contribution in [0.3, 0.4) is 0 Å². The number of aliphatic hydroxyl groups excluding tert-OH is 1. The van der Waals surface area contributed by atoms with E-state index < -0.39 is 0 Å². The first-order valence-electron chi connectivity index (χ1n) is 5.22. The average molecular weight is 207 g/mol. The molecule has 0 radical (unpaired) electrons. The zero-order chi connectivity index (χ0) is 11.3. The highest BCUT2D eigenvalue weighted by molar-refractivity contribution is 5.95. The lowest BCUT2D eigenvalue weighted by Gasteiger charge is -2.19. The van der Waals surface area contributed by atoms with Crippen LogP contribution in [-0.2, 0) is 6.61 Å². The van der Waals surface area contributed by atoms with Crippen molar-refractivity contribution in [1.29, 1.82) is 0 Å². The molecule has 1 aromatic carbocycles. The summed E-state index contributed by atoms with van der Waals surface area (Å²) in [6.45, 7) is 5.18. The van der Waals surface area contributed by atoms with Gasteiger partial charge in [-0.25, -0.2) is 0 Å². The first-order chi connectivity index (χ1) is 7.24. The van der Waals surface area contributed by atoms with Crippen molar-refractivity contribution in [3.8, 4) is 0 Å². The topological polar surface area (TPSA) is 40.5 Å². The van der Waals surface area contributed by atoms with E-state index in [2.05, 4.69) is 0 Å². The Balaban J connectivity index is 2.99. The maximum absolute atomic E-state index is 12.0. The SMILES string of the molecule is CCN(CC)C(=O)c1ccccc1CO. The van der Waals surface area contributed by atoms with Crippen LogP contribution in [0.1, 0.15) is 29.8 Å². The van der Waals surface area contributed by atoms with Crippen molar-refractivity contribution in [1.82, 2.24) is 4.90 Å². The van der Waals surface area contributed by atoms with Crippen LogP contribution in [0.5, 0.6) is 0 Å². The quantitative estimate of drug-likeness (QED) is 0.815. The van der Waals surface area contributed by atoms with Gasteiger partial charge in [0.25, 0.3) is 5.91 Å². The van der Waals surface area contributed by atoms with Crippen LogP contribution < -0.4 is 0 Å². The number of hydrogen-bond acceptors (Lipinski definition) is 2. The van der Waals surface area contributed by atoms with Gasteiger partial charge in [-0.1, -0.05) is 18.2 Å². The number of nitrogens with zero attached hydrogens (tertiary/aromatic N) is 1. The van der Waals surface area contributed by atoms with Crippen LogP contribution in [0.25, 0.3) is 0 Å². The third kappa shape index (κ3) is 2.57. The predicted octanol–water partition coefficient (Wildman–Crippen LogP) is 1.66. The highest BCUT2D eigenvalue weighted by Gasteiger charge is 2.14. The molecule has 0 atom stereocenters. The van der Waals surface area contributed by atoms with Gasteiger partial charge in [-0.15, -0.1) is 0 Å². The van der Waals surface area contributed by atoms with Gasteiger partial charge in [0.05, 0.1) is 6.61 Å². The molecule has 3 nitrogen and oxygen atoms in total. The maximum atomic E-state index is 12.0. The highest BCUT2D eigenvalue weighted by Crippen LogP contribution is 2.11. The number of aliphatic hydroxyl groups is 1. The highest BCUT2D eigenvalue weighted by atomic mass is 16.3. The van der Waals surface area contributed by atoms with Gasteiger partial charge < -0.3 is 10.0 Å². The Morgan fingerprint density at radius 3 is 2.40 bits per heavy atom. The molecule has 1 rings (SSSR count). The molecule has 1 N–H and O–H groups in total. The number of hydrogen-bond donors (Lipinski definition) is 1. The predicted molar refractivity (Wildman–Crippen MR) is 59.6 cm³/mol. The van der Waals surface area contributed by atoms with Crippen molar-refractivity contribution < 1.29 is 9.90 Å². The second kappa shape index (κ2) is 5.51. The molecular formula is C12H17NO2. The molecule has 0 bridgehead atoms. The van der Waals surface area contributed by atoms with Crippen molar-refractivity contribution >= 4 is 5.91 Å². The lowest BCUT2D eigenvalue weighted by atomic mass is 10.1. The summed E-state index contributed by atoms with van der Waals surface area (Å²) in [7, 11) is 0. The number of carbonyl (C=O) groups excluding carboxylic acids is 1. The smallest absolute Gasteiger partial charge is 0.254 e. The number of carbonyl (C=O) groups is 1. The van der Waals surface area contributed by atoms with Gasteiger partial charge in [-0.05, 0) is 25.5 Å². The summed E-state index contributed by atoms with van der Waals surface area (Å²) >= 11 is 0. The molecular weight excluding hydrogens is 190 g/mol. The molecule has 0 saturated heterocycles. The summed E-state index contributed by atoms with van der Waals surface area (Å²) < 4.78 is 0. The molecule has 0 aliphatic carbocycles. The van der Waals surface area contributed by atoms with Crippen molar-refractivity contribution in [3.63, 3.8) is 0 Å². The molecule has 0 saturated carbocycles. The molecule has 0 aromatic heterocycles. The molecule has 3 heteroatoms. The van der Waals surface area contributed by atoms with E-state index in [9.17, 15) is 4.79 Å². The Hall–Kier alpha value is -1.35. The number of benzene rings is 1. The number of rotatable bonds is 4. The summed E-state index contributed by atoms with van der Waals surface area (Å²) in [4.78, 5) is 13.7. The third-order valence-electron chi connectivity index (χ3n) is 2.47. The fraction of sp³-hybridized carbons (Fsp3) is 0.417. The fourth-order valence-corrected chi connectivity index (χ4v) is 1.55. The standard InChI is InChI=1S/C12H17NO2/c1-3-13(4-2)12(15)11-8-6-5-7-10(11)9-14/h5-8,14H,3-4,9H2,1-2H3. The van der Waals surface area contributed by atoms with Gasteiger partial charge in [0, 0.05) is 18.7 Å². The summed E-state index contributed by atoms with van der Waals surface area (Å²) in [5, 5.41) is 9.12. The monoisotopic (exact) mass is 207 g/mol. The van der Waals surface area contributed by atoms with Crippen LogP contribution in [0.15, 0.2) is 24.3 Å². The molecule has 0 unspecified atom stereocenters. The van der Waals surface area contributed by atoms with E-state index in [1.807, 2.05) is 26.0 Å². The Morgan fingerprint density at radius 1 is 1.27 bits per heavy atom. The minimum atomic E-state index is -0.0941. The molecule has 0 aliphatic heterocycles. The second-order valence-electron chi connectivity index (χ2n) is 3.29. The Kier molecular flexibility index (Phi) is 4.31. The first kappa shape index (κ1) is 11.7. The van der Waals surface area contributed by atoms with E-state index in [0.29, 0.717) is 24.2 Å². The lowest BCUT2D eigenvalue weighted by Crippen LogP contribution is -2.31. The van der Waals surface area contributed by atoms with Crippen LogP contribution >= 0.6 is 0 Å². The van der Waals surface area contributed by atoms with Crippen LogP contribution in [0.2, 0.25) is 0 Å². The van der Waals surface area contributed by atoms with E-state index in [4.69, 9.17) is 5.11 Å². The van der Waals surface area contributed by atoms with E-state index in [1.165, 1.54) is 0 Å². The van der Waals surface area contributed by atoms with Crippen LogP contribution in [0.4, 0.5) is 0 Å². The largest absolute Gasteiger partial charge is 0.392 e. The Bertz CT molecular complexity index is 332. The van der Waals surface area contributed by atoms with Gasteiger partial charge in [0.1, 0.15) is 0 Å². The molecule has 1 amide bonds. The zero-order valence-corrected chi connectivity index (χ0v) is 9.23. The van der Waals surface area contributed by atoms with E-state index in [-0.39, 0.29) is 12.5 Å². The van der Waals surface area contributed by atoms with Gasteiger partial charge in [0.15, 0.2) is 0 Å². The van der Waals surface area contributed by atoms with Crippen molar-refractivity contribution in [3.05, 3.63) is 35.4 Å². The molecule has 82 valence electrons. The van der Waals surface area contributed by atoms with Gasteiger partial charge >= 0.3 is 0 Å². The van der Waals surface area contributed by atoms with Crippen molar-refractivity contribution in [2.45, 2.75) is 20.5 Å². The molecule has 0 heterocycles. The Morgan fingerprint density at radius 2 is 1.87 bits per heavy atom. The third-order valence-corrected chi connectivity index (χ3v) is 2.47. The minimum Gasteiger partial charge on any atom is -0.392 e. The zero-order valence-electron chi connectivity index (χ0n) is 9.23. The molecule has 0 fully saturated rings. The summed E-state index contributed by atoms with van der Waals surface area (Å²) in [6, 6.07) is 7.17. The van der Waals surface area contributed by atoms with E-state index >= 15 is 0 Å². The van der Waals surface area contributed by atoms with Crippen LogP contribution in [-0.4, -0.2) is 29.0 Å². The molecule has 0 aliphatic rings. The van der Waals surface area contributed by atoms with Crippen molar-refractivity contribution in [2.75, 3.05) is 13.1 Å². The lowest BCUT2D eigenvalue weighted by molar-refractivity contribution is 0.0769. The fourth-order valence-electron chi connectivity index (χ4n) is 1.55. The van der Waals surface area contributed by atoms with Gasteiger partial charge in [-0.2, -0.15) is 0 Å².